The molecule has 1 aromatic carbocycles. The average Bonchev–Trinajstić information content (AvgIpc) is 1.92. The standard InChI is InChI=1S/C11H15.Al/c1-9-6-5-7-10(8-9)11(2,3)4;/h5-6,8H,1-4H3;. The molecule has 0 N–H and O–H groups in total. The zero-order valence-corrected chi connectivity index (χ0v) is 9.46. The Morgan fingerprint density at radius 3 is 2.17 bits per heavy atom. The molecule has 0 atom stereocenters. The molecule has 0 aromatic heterocycles. The van der Waals surface area contributed by atoms with Crippen LogP contribution >= 0.6 is 0 Å². The van der Waals surface area contributed by atoms with E-state index < -0.39 is 0 Å². The van der Waals surface area contributed by atoms with Crippen molar-refractivity contribution in [1.82, 2.24) is 0 Å². The molecule has 0 aliphatic heterocycles. The Hall–Kier alpha value is -0.248. The minimum absolute atomic E-state index is 0.253. The lowest BCUT2D eigenvalue weighted by Gasteiger charge is -2.22. The van der Waals surface area contributed by atoms with Gasteiger partial charge in [-0.05, 0) is 12.3 Å². The highest BCUT2D eigenvalue weighted by Gasteiger charge is 2.14. The van der Waals surface area contributed by atoms with Gasteiger partial charge in [0.25, 0.3) is 0 Å². The highest BCUT2D eigenvalue weighted by Crippen LogP contribution is 2.20. The number of rotatable bonds is 0. The quantitative estimate of drug-likeness (QED) is 0.528. The number of hydrogen-bond acceptors (Lipinski definition) is 0. The first-order valence-corrected chi connectivity index (χ1v) is 4.85. The molecule has 0 nitrogen and oxygen atoms in total. The maximum atomic E-state index is 2.80. The molecule has 0 saturated carbocycles. The van der Waals surface area contributed by atoms with Crippen molar-refractivity contribution < 1.29 is 0 Å². The normalized spacial score (nSPS) is 11.7. The molecule has 0 fully saturated rings. The van der Waals surface area contributed by atoms with Gasteiger partial charge in [0.1, 0.15) is 0 Å². The van der Waals surface area contributed by atoms with Crippen LogP contribution in [0.1, 0.15) is 31.9 Å². The number of aryl methyl sites for hydroxylation is 1. The largest absolute Gasteiger partial charge is 0.176 e. The van der Waals surface area contributed by atoms with Gasteiger partial charge in [-0.15, -0.1) is 4.43 Å². The Kier molecular flexibility index (Phi) is 2.66. The van der Waals surface area contributed by atoms with E-state index in [0.29, 0.717) is 0 Å². The maximum Gasteiger partial charge on any atom is 0.176 e. The van der Waals surface area contributed by atoms with E-state index in [2.05, 4.69) is 62.2 Å². The smallest absolute Gasteiger partial charge is 0.135 e. The van der Waals surface area contributed by atoms with E-state index in [0.717, 1.165) is 0 Å². The third kappa shape index (κ3) is 2.12. The third-order valence-electron chi connectivity index (χ3n) is 2.02. The summed E-state index contributed by atoms with van der Waals surface area (Å²) in [5.74, 6) is 0. The minimum Gasteiger partial charge on any atom is -0.135 e. The summed E-state index contributed by atoms with van der Waals surface area (Å²) in [4.78, 5) is 0. The lowest BCUT2D eigenvalue weighted by atomic mass is 9.86. The van der Waals surface area contributed by atoms with E-state index in [-0.39, 0.29) is 5.41 Å². The van der Waals surface area contributed by atoms with Gasteiger partial charge in [0.05, 0.1) is 0 Å². The van der Waals surface area contributed by atoms with Gasteiger partial charge in [-0.1, -0.05) is 50.1 Å². The van der Waals surface area contributed by atoms with Gasteiger partial charge in [-0.3, -0.25) is 0 Å². The number of hydrogen-bond donors (Lipinski definition) is 0. The summed E-state index contributed by atoms with van der Waals surface area (Å²) < 4.78 is 1.31. The molecule has 12 heavy (non-hydrogen) atoms. The van der Waals surface area contributed by atoms with Crippen molar-refractivity contribution in [2.45, 2.75) is 33.1 Å². The molecule has 0 saturated heterocycles. The molecule has 0 aliphatic carbocycles. The van der Waals surface area contributed by atoms with Crippen molar-refractivity contribution in [3.8, 4) is 0 Å². The summed E-state index contributed by atoms with van der Waals surface area (Å²) in [7, 11) is 0. The van der Waals surface area contributed by atoms with Gasteiger partial charge >= 0.3 is 0 Å². The summed E-state index contributed by atoms with van der Waals surface area (Å²) in [6.07, 6.45) is 0. The van der Waals surface area contributed by atoms with Crippen molar-refractivity contribution in [3.05, 3.63) is 29.3 Å². The van der Waals surface area contributed by atoms with Gasteiger partial charge in [-0.25, -0.2) is 0 Å². The Balaban J connectivity index is 3.23. The highest BCUT2D eigenvalue weighted by molar-refractivity contribution is 6.33. The second kappa shape index (κ2) is 3.25. The predicted molar refractivity (Wildman–Crippen MR) is 55.3 cm³/mol. The molecule has 0 amide bonds. The Labute approximate surface area is 83.4 Å². The second-order valence-electron chi connectivity index (χ2n) is 4.34. The average molecular weight is 174 g/mol. The van der Waals surface area contributed by atoms with Crippen molar-refractivity contribution >= 4 is 20.7 Å². The topological polar surface area (TPSA) is 0 Å². The molecule has 1 heteroatoms. The predicted octanol–water partition coefficient (Wildman–Crippen LogP) is 2.09. The summed E-state index contributed by atoms with van der Waals surface area (Å²) >= 11 is 2.80. The van der Waals surface area contributed by atoms with Crippen molar-refractivity contribution in [2.24, 2.45) is 0 Å². The Morgan fingerprint density at radius 2 is 1.75 bits per heavy atom. The minimum atomic E-state index is 0.253. The molecule has 62 valence electrons. The van der Waals surface area contributed by atoms with Crippen LogP contribution in [0.5, 0.6) is 0 Å². The highest BCUT2D eigenvalue weighted by atomic mass is 27.0. The van der Waals surface area contributed by atoms with E-state index in [4.69, 9.17) is 0 Å². The van der Waals surface area contributed by atoms with E-state index in [9.17, 15) is 0 Å². The monoisotopic (exact) mass is 174 g/mol. The first-order chi connectivity index (χ1) is 5.41. The molecule has 0 spiro atoms. The van der Waals surface area contributed by atoms with E-state index in [1.807, 2.05) is 0 Å². The van der Waals surface area contributed by atoms with Crippen LogP contribution < -0.4 is 4.43 Å². The molecule has 1 aromatic rings. The zero-order valence-electron chi connectivity index (χ0n) is 8.31. The van der Waals surface area contributed by atoms with Crippen LogP contribution in [0.3, 0.4) is 0 Å². The fourth-order valence-corrected chi connectivity index (χ4v) is 1.93. The van der Waals surface area contributed by atoms with Crippen LogP contribution in [0, 0.1) is 6.92 Å². The zero-order chi connectivity index (χ0) is 9.35. The van der Waals surface area contributed by atoms with Gasteiger partial charge in [-0.2, -0.15) is 0 Å². The van der Waals surface area contributed by atoms with Gasteiger partial charge < -0.3 is 0 Å². The molecular weight excluding hydrogens is 159 g/mol. The summed E-state index contributed by atoms with van der Waals surface area (Å²) in [5.41, 5.74) is 3.02. The van der Waals surface area contributed by atoms with E-state index >= 15 is 0 Å². The van der Waals surface area contributed by atoms with Crippen LogP contribution in [-0.4, -0.2) is 16.3 Å². The SMILES string of the molecule is Cc1cc[c]([Al])c(C(C)(C)C)c1. The third-order valence-corrected chi connectivity index (χ3v) is 2.52. The molecule has 0 heterocycles. The summed E-state index contributed by atoms with van der Waals surface area (Å²) in [5, 5.41) is 0. The summed E-state index contributed by atoms with van der Waals surface area (Å²) in [6, 6.07) is 6.58. The van der Waals surface area contributed by atoms with Crippen molar-refractivity contribution in [2.75, 3.05) is 0 Å². The van der Waals surface area contributed by atoms with Gasteiger partial charge in [0.2, 0.25) is 0 Å². The van der Waals surface area contributed by atoms with Gasteiger partial charge in [0.15, 0.2) is 16.3 Å². The van der Waals surface area contributed by atoms with Crippen molar-refractivity contribution in [3.63, 3.8) is 0 Å². The Morgan fingerprint density at radius 1 is 1.17 bits per heavy atom. The lowest BCUT2D eigenvalue weighted by molar-refractivity contribution is 0.593. The van der Waals surface area contributed by atoms with Crippen LogP contribution in [-0.2, 0) is 5.41 Å². The van der Waals surface area contributed by atoms with Crippen LogP contribution in [0.2, 0.25) is 0 Å². The number of benzene rings is 1. The lowest BCUT2D eigenvalue weighted by Crippen LogP contribution is -2.22. The fourth-order valence-electron chi connectivity index (χ4n) is 1.32. The molecule has 0 bridgehead atoms. The molecule has 2 radical (unpaired) electrons. The van der Waals surface area contributed by atoms with Crippen molar-refractivity contribution in [1.29, 1.82) is 0 Å². The summed E-state index contributed by atoms with van der Waals surface area (Å²) in [6.45, 7) is 8.87. The Bertz CT molecular complexity index is 282. The van der Waals surface area contributed by atoms with E-state index in [1.165, 1.54) is 15.6 Å². The van der Waals surface area contributed by atoms with Crippen LogP contribution in [0.4, 0.5) is 0 Å². The molecule has 0 unspecified atom stereocenters. The van der Waals surface area contributed by atoms with E-state index in [1.54, 1.807) is 0 Å². The second-order valence-corrected chi connectivity index (χ2v) is 4.96. The fraction of sp³-hybridized carbons (Fsp3) is 0.455. The molecule has 1 rings (SSSR count). The van der Waals surface area contributed by atoms with Gasteiger partial charge in [0, 0.05) is 0 Å². The first kappa shape index (κ1) is 9.84. The van der Waals surface area contributed by atoms with Crippen LogP contribution in [0.25, 0.3) is 0 Å². The maximum absolute atomic E-state index is 2.80. The first-order valence-electron chi connectivity index (χ1n) is 4.28. The molecule has 0 aliphatic rings. The molecular formula is C11H15Al. The van der Waals surface area contributed by atoms with Crippen LogP contribution in [0.15, 0.2) is 18.2 Å².